The van der Waals surface area contributed by atoms with Crippen molar-refractivity contribution < 1.29 is 15.0 Å². The van der Waals surface area contributed by atoms with Crippen LogP contribution in [0.2, 0.25) is 0 Å². The molecule has 0 saturated heterocycles. The molecule has 27 heavy (non-hydrogen) atoms. The molecule has 134 valence electrons. The Balaban J connectivity index is 1.58. The third kappa shape index (κ3) is 3.16. The molecule has 0 saturated carbocycles. The average Bonchev–Trinajstić information content (AvgIpc) is 3.31. The Bertz CT molecular complexity index is 1070. The maximum atomic E-state index is 12.6. The summed E-state index contributed by atoms with van der Waals surface area (Å²) in [6, 6.07) is 20.1. The van der Waals surface area contributed by atoms with Gasteiger partial charge in [-0.25, -0.2) is 0 Å². The largest absolute Gasteiger partial charge is 0.505 e. The van der Waals surface area contributed by atoms with E-state index in [1.807, 2.05) is 47.3 Å². The molecular weight excluding hydrogens is 342 g/mol. The van der Waals surface area contributed by atoms with Crippen LogP contribution in [0.25, 0.3) is 16.9 Å². The fourth-order valence-electron chi connectivity index (χ4n) is 2.92. The smallest absolute Gasteiger partial charge is 0.264 e. The molecule has 2 aromatic carbocycles. The van der Waals surface area contributed by atoms with Gasteiger partial charge in [0.1, 0.15) is 5.56 Å². The topological polar surface area (TPSA) is 90.3 Å². The Morgan fingerprint density at radius 2 is 1.56 bits per heavy atom. The summed E-state index contributed by atoms with van der Waals surface area (Å²) in [6.45, 7) is 0. The summed E-state index contributed by atoms with van der Waals surface area (Å²) in [5, 5.41) is 23.2. The Kier molecular flexibility index (Phi) is 4.14. The second kappa shape index (κ2) is 6.76. The van der Waals surface area contributed by atoms with Crippen molar-refractivity contribution in [2.75, 3.05) is 5.32 Å². The third-order valence-electron chi connectivity index (χ3n) is 4.27. The number of aromatic amines is 1. The molecule has 4 N–H and O–H groups in total. The lowest BCUT2D eigenvalue weighted by Crippen LogP contribution is -2.11. The zero-order valence-corrected chi connectivity index (χ0v) is 14.3. The highest BCUT2D eigenvalue weighted by molar-refractivity contribution is 6.09. The second-order valence-corrected chi connectivity index (χ2v) is 6.03. The number of nitrogens with zero attached hydrogens (tertiary/aromatic N) is 1. The summed E-state index contributed by atoms with van der Waals surface area (Å²) in [4.78, 5) is 15.2. The van der Waals surface area contributed by atoms with Gasteiger partial charge in [0.05, 0.1) is 5.69 Å². The van der Waals surface area contributed by atoms with Gasteiger partial charge in [-0.3, -0.25) is 4.79 Å². The average molecular weight is 359 g/mol. The maximum absolute atomic E-state index is 12.6. The molecule has 0 radical (unpaired) electrons. The van der Waals surface area contributed by atoms with Crippen LogP contribution < -0.4 is 5.32 Å². The first-order valence-electron chi connectivity index (χ1n) is 8.37. The molecule has 0 fully saturated rings. The van der Waals surface area contributed by atoms with Gasteiger partial charge >= 0.3 is 0 Å². The van der Waals surface area contributed by atoms with E-state index in [1.54, 1.807) is 36.4 Å². The molecule has 0 atom stereocenters. The van der Waals surface area contributed by atoms with E-state index < -0.39 is 5.91 Å². The number of benzene rings is 2. The van der Waals surface area contributed by atoms with Crippen LogP contribution >= 0.6 is 0 Å². The van der Waals surface area contributed by atoms with Gasteiger partial charge in [-0.15, -0.1) is 0 Å². The van der Waals surface area contributed by atoms with Crippen molar-refractivity contribution in [2.45, 2.75) is 0 Å². The maximum Gasteiger partial charge on any atom is 0.264 e. The van der Waals surface area contributed by atoms with Gasteiger partial charge in [0, 0.05) is 29.3 Å². The Labute approximate surface area is 155 Å². The van der Waals surface area contributed by atoms with E-state index in [0.29, 0.717) is 16.9 Å². The molecule has 0 aliphatic rings. The zero-order chi connectivity index (χ0) is 18.8. The Hall–Kier alpha value is -3.93. The standard InChI is InChI=1S/C21H17N3O3/c25-19-17(21(27)23-18(19)14-6-2-1-3-7-14)20(26)22-15-8-10-16(11-9-15)24-12-4-5-13-24/h1-13,23,25,27H,(H,22,26). The van der Waals surface area contributed by atoms with Crippen LogP contribution in [-0.4, -0.2) is 25.7 Å². The number of anilines is 1. The van der Waals surface area contributed by atoms with Gasteiger partial charge in [0.15, 0.2) is 5.75 Å². The molecule has 0 bridgehead atoms. The monoisotopic (exact) mass is 359 g/mol. The molecule has 0 spiro atoms. The number of aromatic hydroxyl groups is 2. The van der Waals surface area contributed by atoms with Crippen LogP contribution in [0.4, 0.5) is 5.69 Å². The fourth-order valence-corrected chi connectivity index (χ4v) is 2.92. The molecular formula is C21H17N3O3. The van der Waals surface area contributed by atoms with Crippen molar-refractivity contribution in [2.24, 2.45) is 0 Å². The van der Waals surface area contributed by atoms with Crippen LogP contribution in [-0.2, 0) is 0 Å². The van der Waals surface area contributed by atoms with Crippen LogP contribution in [0.1, 0.15) is 10.4 Å². The normalized spacial score (nSPS) is 10.7. The second-order valence-electron chi connectivity index (χ2n) is 6.03. The van der Waals surface area contributed by atoms with Gasteiger partial charge in [-0.2, -0.15) is 0 Å². The fraction of sp³-hybridized carbons (Fsp3) is 0. The number of H-pyrrole nitrogens is 1. The lowest BCUT2D eigenvalue weighted by Gasteiger charge is -2.07. The minimum absolute atomic E-state index is 0.191. The van der Waals surface area contributed by atoms with Crippen molar-refractivity contribution >= 4 is 11.6 Å². The van der Waals surface area contributed by atoms with Crippen molar-refractivity contribution in [3.63, 3.8) is 0 Å². The first-order valence-corrected chi connectivity index (χ1v) is 8.37. The minimum atomic E-state index is -0.600. The number of aromatic nitrogens is 2. The highest BCUT2D eigenvalue weighted by Crippen LogP contribution is 2.37. The summed E-state index contributed by atoms with van der Waals surface area (Å²) >= 11 is 0. The molecule has 6 nitrogen and oxygen atoms in total. The molecule has 0 unspecified atom stereocenters. The number of carbonyl (C=O) groups is 1. The van der Waals surface area contributed by atoms with Crippen molar-refractivity contribution in [1.29, 1.82) is 0 Å². The number of hydrogen-bond donors (Lipinski definition) is 4. The van der Waals surface area contributed by atoms with Crippen molar-refractivity contribution in [1.82, 2.24) is 9.55 Å². The Morgan fingerprint density at radius 3 is 2.22 bits per heavy atom. The van der Waals surface area contributed by atoms with Gasteiger partial charge in [0.2, 0.25) is 5.88 Å². The first-order chi connectivity index (χ1) is 13.1. The summed E-state index contributed by atoms with van der Waals surface area (Å²) in [7, 11) is 0. The van der Waals surface area contributed by atoms with E-state index >= 15 is 0 Å². The first kappa shape index (κ1) is 16.5. The van der Waals surface area contributed by atoms with E-state index in [9.17, 15) is 15.0 Å². The Morgan fingerprint density at radius 1 is 0.889 bits per heavy atom. The van der Waals surface area contributed by atoms with E-state index in [1.165, 1.54) is 0 Å². The number of nitrogens with one attached hydrogen (secondary N) is 2. The minimum Gasteiger partial charge on any atom is -0.505 e. The predicted octanol–water partition coefficient (Wildman–Crippen LogP) is 4.14. The molecule has 4 aromatic rings. The van der Waals surface area contributed by atoms with E-state index in [2.05, 4.69) is 10.3 Å². The van der Waals surface area contributed by atoms with E-state index in [-0.39, 0.29) is 17.2 Å². The van der Waals surface area contributed by atoms with Crippen LogP contribution in [0.5, 0.6) is 11.6 Å². The zero-order valence-electron chi connectivity index (χ0n) is 14.3. The summed E-state index contributed by atoms with van der Waals surface area (Å²) < 4.78 is 1.95. The van der Waals surface area contributed by atoms with Crippen LogP contribution in [0, 0.1) is 0 Å². The number of amides is 1. The van der Waals surface area contributed by atoms with Crippen LogP contribution in [0.15, 0.2) is 79.1 Å². The SMILES string of the molecule is O=C(Nc1ccc(-n2cccc2)cc1)c1c(O)[nH]c(-c2ccccc2)c1O. The van der Waals surface area contributed by atoms with E-state index in [0.717, 1.165) is 5.69 Å². The van der Waals surface area contributed by atoms with Crippen molar-refractivity contribution in [3.05, 3.63) is 84.7 Å². The molecule has 0 aliphatic heterocycles. The summed E-state index contributed by atoms with van der Waals surface area (Å²) in [6.07, 6.45) is 3.85. The predicted molar refractivity (Wildman–Crippen MR) is 103 cm³/mol. The molecule has 0 aliphatic carbocycles. The lowest BCUT2D eigenvalue weighted by atomic mass is 10.1. The van der Waals surface area contributed by atoms with Gasteiger partial charge in [-0.05, 0) is 36.4 Å². The highest BCUT2D eigenvalue weighted by Gasteiger charge is 2.23. The summed E-state index contributed by atoms with van der Waals surface area (Å²) in [5.74, 6) is -1.27. The van der Waals surface area contributed by atoms with E-state index in [4.69, 9.17) is 0 Å². The molecule has 4 rings (SSSR count). The quantitative estimate of drug-likeness (QED) is 0.441. The van der Waals surface area contributed by atoms with Gasteiger partial charge < -0.3 is 25.1 Å². The molecule has 2 aromatic heterocycles. The van der Waals surface area contributed by atoms with Crippen molar-refractivity contribution in [3.8, 4) is 28.6 Å². The van der Waals surface area contributed by atoms with Crippen LogP contribution in [0.3, 0.4) is 0 Å². The van der Waals surface area contributed by atoms with Gasteiger partial charge in [-0.1, -0.05) is 30.3 Å². The highest BCUT2D eigenvalue weighted by atomic mass is 16.3. The molecule has 1 amide bonds. The number of rotatable bonds is 4. The third-order valence-corrected chi connectivity index (χ3v) is 4.27. The molecule has 6 heteroatoms. The van der Waals surface area contributed by atoms with Gasteiger partial charge in [0.25, 0.3) is 5.91 Å². The summed E-state index contributed by atoms with van der Waals surface area (Å²) in [5.41, 5.74) is 2.28. The molecule has 2 heterocycles. The lowest BCUT2D eigenvalue weighted by molar-refractivity contribution is 0.102. The number of hydrogen-bond acceptors (Lipinski definition) is 3. The number of carbonyl (C=O) groups excluding carboxylic acids is 1.